The van der Waals surface area contributed by atoms with Crippen molar-refractivity contribution in [3.05, 3.63) is 24.3 Å². The summed E-state index contributed by atoms with van der Waals surface area (Å²) in [7, 11) is -3.55. The molecule has 0 aromatic heterocycles. The predicted molar refractivity (Wildman–Crippen MR) is 95.3 cm³/mol. The highest BCUT2D eigenvalue weighted by Gasteiger charge is 2.30. The lowest BCUT2D eigenvalue weighted by molar-refractivity contribution is -0.119. The fourth-order valence-electron chi connectivity index (χ4n) is 3.34. The Morgan fingerprint density at radius 2 is 1.96 bits per heavy atom. The van der Waals surface area contributed by atoms with E-state index >= 15 is 0 Å². The van der Waals surface area contributed by atoms with Gasteiger partial charge in [-0.15, -0.1) is 0 Å². The third kappa shape index (κ3) is 4.53. The monoisotopic (exact) mass is 383 g/mol. The Bertz CT molecular complexity index is 716. The third-order valence-electron chi connectivity index (χ3n) is 4.75. The molecule has 0 bridgehead atoms. The van der Waals surface area contributed by atoms with Crippen LogP contribution in [0.15, 0.2) is 29.2 Å². The maximum atomic E-state index is 12.9. The molecule has 2 aliphatic heterocycles. The summed E-state index contributed by atoms with van der Waals surface area (Å²) in [6.45, 7) is 3.86. The van der Waals surface area contributed by atoms with Crippen LogP contribution in [0.25, 0.3) is 0 Å². The zero-order valence-corrected chi connectivity index (χ0v) is 15.5. The summed E-state index contributed by atoms with van der Waals surface area (Å²) in [4.78, 5) is 13.3. The van der Waals surface area contributed by atoms with Gasteiger partial charge in [-0.3, -0.25) is 9.69 Å². The van der Waals surface area contributed by atoms with Crippen molar-refractivity contribution < 1.29 is 22.7 Å². The number of nitrogens with zero attached hydrogens (tertiary/aromatic N) is 2. The summed E-state index contributed by atoms with van der Waals surface area (Å²) >= 11 is 0. The SMILES string of the molecule is NC(=O)COc1ccc(S(=O)(=O)N2CCCN(C3CCOC3)CC2)cc1. The van der Waals surface area contributed by atoms with Crippen molar-refractivity contribution in [3.8, 4) is 5.75 Å². The highest BCUT2D eigenvalue weighted by Crippen LogP contribution is 2.22. The first-order valence-electron chi connectivity index (χ1n) is 8.80. The van der Waals surface area contributed by atoms with Gasteiger partial charge in [0.15, 0.2) is 6.61 Å². The first-order chi connectivity index (χ1) is 12.5. The van der Waals surface area contributed by atoms with Gasteiger partial charge >= 0.3 is 0 Å². The summed E-state index contributed by atoms with van der Waals surface area (Å²) in [6.07, 6.45) is 1.81. The van der Waals surface area contributed by atoms with Crippen molar-refractivity contribution in [1.82, 2.24) is 9.21 Å². The van der Waals surface area contributed by atoms with Crippen molar-refractivity contribution in [2.24, 2.45) is 5.73 Å². The second-order valence-electron chi connectivity index (χ2n) is 6.54. The molecule has 26 heavy (non-hydrogen) atoms. The summed E-state index contributed by atoms with van der Waals surface area (Å²) in [6, 6.07) is 6.48. The molecule has 1 amide bonds. The predicted octanol–water partition coefficient (Wildman–Crippen LogP) is 0.0360. The minimum absolute atomic E-state index is 0.224. The average molecular weight is 383 g/mol. The first kappa shape index (κ1) is 19.1. The molecule has 0 aliphatic carbocycles. The topological polar surface area (TPSA) is 102 Å². The number of primary amides is 1. The molecule has 2 heterocycles. The molecule has 1 aromatic carbocycles. The number of hydrogen-bond donors (Lipinski definition) is 1. The number of carbonyl (C=O) groups is 1. The van der Waals surface area contributed by atoms with Crippen molar-refractivity contribution in [3.63, 3.8) is 0 Å². The standard InChI is InChI=1S/C17H25N3O5S/c18-17(21)13-25-15-2-4-16(5-3-15)26(22,23)20-8-1-7-19(9-10-20)14-6-11-24-12-14/h2-5,14H,1,6-13H2,(H2,18,21). The van der Waals surface area contributed by atoms with Crippen LogP contribution in [0.3, 0.4) is 0 Å². The zero-order chi connectivity index (χ0) is 18.6. The number of ether oxygens (including phenoxy) is 2. The lowest BCUT2D eigenvalue weighted by Gasteiger charge is -2.26. The molecule has 1 atom stereocenters. The molecule has 1 unspecified atom stereocenters. The van der Waals surface area contributed by atoms with E-state index in [4.69, 9.17) is 15.2 Å². The second-order valence-corrected chi connectivity index (χ2v) is 8.48. The van der Waals surface area contributed by atoms with E-state index in [0.29, 0.717) is 31.4 Å². The van der Waals surface area contributed by atoms with E-state index < -0.39 is 15.9 Å². The van der Waals surface area contributed by atoms with Crippen molar-refractivity contribution in [1.29, 1.82) is 0 Å². The number of benzene rings is 1. The molecule has 0 spiro atoms. The van der Waals surface area contributed by atoms with Crippen LogP contribution in [0.5, 0.6) is 5.75 Å². The molecule has 2 fully saturated rings. The Morgan fingerprint density at radius 3 is 2.62 bits per heavy atom. The largest absolute Gasteiger partial charge is 0.484 e. The molecular formula is C17H25N3O5S. The van der Waals surface area contributed by atoms with E-state index in [1.165, 1.54) is 24.3 Å². The van der Waals surface area contributed by atoms with Gasteiger partial charge in [0.05, 0.1) is 11.5 Å². The van der Waals surface area contributed by atoms with Crippen molar-refractivity contribution >= 4 is 15.9 Å². The molecule has 2 N–H and O–H groups in total. The number of sulfonamides is 1. The highest BCUT2D eigenvalue weighted by atomic mass is 32.2. The quantitative estimate of drug-likeness (QED) is 0.744. The normalized spacial score (nSPS) is 22.8. The molecule has 0 radical (unpaired) electrons. The number of rotatable bonds is 6. The number of carbonyl (C=O) groups excluding carboxylic acids is 1. The van der Waals surface area contributed by atoms with E-state index in [-0.39, 0.29) is 11.5 Å². The first-order valence-corrected chi connectivity index (χ1v) is 10.2. The van der Waals surface area contributed by atoms with Crippen LogP contribution in [0.4, 0.5) is 0 Å². The average Bonchev–Trinajstić information content (AvgIpc) is 3.04. The maximum Gasteiger partial charge on any atom is 0.255 e. The molecule has 1 aromatic rings. The van der Waals surface area contributed by atoms with Crippen LogP contribution in [0.2, 0.25) is 0 Å². The van der Waals surface area contributed by atoms with Crippen molar-refractivity contribution in [2.45, 2.75) is 23.8 Å². The van der Waals surface area contributed by atoms with Crippen LogP contribution >= 0.6 is 0 Å². The Balaban J connectivity index is 1.64. The van der Waals surface area contributed by atoms with Gasteiger partial charge in [-0.25, -0.2) is 8.42 Å². The van der Waals surface area contributed by atoms with Gasteiger partial charge in [0, 0.05) is 32.3 Å². The zero-order valence-electron chi connectivity index (χ0n) is 14.7. The summed E-state index contributed by atoms with van der Waals surface area (Å²) in [5, 5.41) is 0. The summed E-state index contributed by atoms with van der Waals surface area (Å²) in [5.41, 5.74) is 5.03. The van der Waals surface area contributed by atoms with E-state index in [0.717, 1.165) is 32.6 Å². The number of nitrogens with two attached hydrogens (primary N) is 1. The molecular weight excluding hydrogens is 358 g/mol. The Labute approximate surface area is 153 Å². The van der Waals surface area contributed by atoms with Crippen LogP contribution in [0.1, 0.15) is 12.8 Å². The molecule has 9 heteroatoms. The van der Waals surface area contributed by atoms with Gasteiger partial charge < -0.3 is 15.2 Å². The Kier molecular flexibility index (Phi) is 6.13. The van der Waals surface area contributed by atoms with Crippen LogP contribution in [-0.2, 0) is 19.6 Å². The number of amides is 1. The molecule has 8 nitrogen and oxygen atoms in total. The lowest BCUT2D eigenvalue weighted by atomic mass is 10.2. The van der Waals surface area contributed by atoms with Crippen LogP contribution in [0, 0.1) is 0 Å². The van der Waals surface area contributed by atoms with Gasteiger partial charge in [-0.05, 0) is 43.7 Å². The third-order valence-corrected chi connectivity index (χ3v) is 6.67. The molecule has 0 saturated carbocycles. The van der Waals surface area contributed by atoms with Crippen molar-refractivity contribution in [2.75, 3.05) is 46.0 Å². The fourth-order valence-corrected chi connectivity index (χ4v) is 4.81. The molecule has 2 saturated heterocycles. The van der Waals surface area contributed by atoms with Gasteiger partial charge in [0.1, 0.15) is 5.75 Å². The maximum absolute atomic E-state index is 12.9. The summed E-state index contributed by atoms with van der Waals surface area (Å²) in [5.74, 6) is -0.172. The van der Waals surface area contributed by atoms with E-state index in [1.807, 2.05) is 0 Å². The fraction of sp³-hybridized carbons (Fsp3) is 0.588. The van der Waals surface area contributed by atoms with Gasteiger partial charge in [-0.2, -0.15) is 4.31 Å². The van der Waals surface area contributed by atoms with E-state index in [9.17, 15) is 13.2 Å². The van der Waals surface area contributed by atoms with Gasteiger partial charge in [-0.1, -0.05) is 0 Å². The smallest absolute Gasteiger partial charge is 0.255 e. The minimum atomic E-state index is -3.55. The lowest BCUT2D eigenvalue weighted by Crippen LogP contribution is -2.39. The second kappa shape index (κ2) is 8.34. The molecule has 2 aliphatic rings. The highest BCUT2D eigenvalue weighted by molar-refractivity contribution is 7.89. The number of hydrogen-bond acceptors (Lipinski definition) is 6. The van der Waals surface area contributed by atoms with E-state index in [2.05, 4.69) is 4.90 Å². The van der Waals surface area contributed by atoms with E-state index in [1.54, 1.807) is 4.31 Å². The van der Waals surface area contributed by atoms with Crippen LogP contribution in [-0.4, -0.2) is 75.6 Å². The van der Waals surface area contributed by atoms with Gasteiger partial charge in [0.25, 0.3) is 5.91 Å². The Hall–Kier alpha value is -1.68. The molecule has 3 rings (SSSR count). The van der Waals surface area contributed by atoms with Gasteiger partial charge in [0.2, 0.25) is 10.0 Å². The minimum Gasteiger partial charge on any atom is -0.484 e. The Morgan fingerprint density at radius 1 is 1.19 bits per heavy atom. The van der Waals surface area contributed by atoms with Crippen LogP contribution < -0.4 is 10.5 Å². The summed E-state index contributed by atoms with van der Waals surface area (Å²) < 4.78 is 38.0. The molecule has 144 valence electrons.